The zero-order chi connectivity index (χ0) is 17.1. The zero-order valence-electron chi connectivity index (χ0n) is 15.8. The smallest absolute Gasteiger partial charge is 0.227 e. The van der Waals surface area contributed by atoms with Gasteiger partial charge < -0.3 is 10.2 Å². The van der Waals surface area contributed by atoms with Crippen LogP contribution in [0.4, 0.5) is 0 Å². The fourth-order valence-corrected chi connectivity index (χ4v) is 5.85. The second-order valence-corrected chi connectivity index (χ2v) is 9.50. The normalized spacial score (nSPS) is 36.3. The molecule has 4 atom stereocenters. The Hall–Kier alpha value is -1.07. The Morgan fingerprint density at radius 2 is 2.04 bits per heavy atom. The van der Waals surface area contributed by atoms with Crippen LogP contribution in [0.5, 0.6) is 0 Å². The van der Waals surface area contributed by atoms with Crippen LogP contribution in [-0.2, 0) is 11.8 Å². The van der Waals surface area contributed by atoms with Gasteiger partial charge in [-0.1, -0.05) is 20.8 Å². The topological polar surface area (TPSA) is 50.2 Å². The first-order valence-corrected chi connectivity index (χ1v) is 9.26. The summed E-state index contributed by atoms with van der Waals surface area (Å²) in [6.45, 7) is 9.71. The van der Waals surface area contributed by atoms with Crippen LogP contribution in [0.2, 0.25) is 0 Å². The zero-order valence-corrected chi connectivity index (χ0v) is 16.6. The van der Waals surface area contributed by atoms with Crippen molar-refractivity contribution in [3.8, 4) is 0 Å². The molecule has 2 unspecified atom stereocenters. The van der Waals surface area contributed by atoms with E-state index in [2.05, 4.69) is 42.3 Å². The van der Waals surface area contributed by atoms with E-state index in [1.54, 1.807) is 0 Å². The van der Waals surface area contributed by atoms with Gasteiger partial charge in [0.1, 0.15) is 0 Å². The Labute approximate surface area is 156 Å². The van der Waals surface area contributed by atoms with Crippen LogP contribution >= 0.6 is 12.4 Å². The van der Waals surface area contributed by atoms with Crippen molar-refractivity contribution >= 4 is 18.3 Å². The van der Waals surface area contributed by atoms with Gasteiger partial charge in [0.15, 0.2) is 0 Å². The average molecular weight is 367 g/mol. The summed E-state index contributed by atoms with van der Waals surface area (Å²) in [6, 6.07) is 0.432. The molecule has 0 aromatic carbocycles. The van der Waals surface area contributed by atoms with Crippen molar-refractivity contribution in [2.75, 3.05) is 19.6 Å². The van der Waals surface area contributed by atoms with E-state index >= 15 is 0 Å². The highest BCUT2D eigenvalue weighted by Gasteiger charge is 2.52. The number of carbonyl (C=O) groups excluding carboxylic acids is 1. The van der Waals surface area contributed by atoms with Crippen molar-refractivity contribution in [1.82, 2.24) is 20.0 Å². The van der Waals surface area contributed by atoms with Gasteiger partial charge in [0.2, 0.25) is 5.91 Å². The molecular weight excluding hydrogens is 336 g/mol. The van der Waals surface area contributed by atoms with Gasteiger partial charge in [-0.3, -0.25) is 9.48 Å². The third-order valence-corrected chi connectivity index (χ3v) is 6.38. The molecule has 6 heteroatoms. The minimum absolute atomic E-state index is 0. The van der Waals surface area contributed by atoms with Gasteiger partial charge in [-0.2, -0.15) is 5.10 Å². The van der Waals surface area contributed by atoms with E-state index in [-0.39, 0.29) is 24.2 Å². The molecular formula is C19H31ClN4O. The Morgan fingerprint density at radius 3 is 2.72 bits per heavy atom. The molecule has 3 fully saturated rings. The largest absolute Gasteiger partial charge is 0.339 e. The van der Waals surface area contributed by atoms with Crippen LogP contribution in [0.15, 0.2) is 12.4 Å². The van der Waals surface area contributed by atoms with Crippen molar-refractivity contribution in [1.29, 1.82) is 0 Å². The van der Waals surface area contributed by atoms with Gasteiger partial charge in [0, 0.05) is 44.8 Å². The number of rotatable bonds is 2. The van der Waals surface area contributed by atoms with Gasteiger partial charge in [-0.15, -0.1) is 12.4 Å². The first-order valence-electron chi connectivity index (χ1n) is 9.26. The van der Waals surface area contributed by atoms with Crippen LogP contribution in [0, 0.1) is 16.7 Å². The standard InChI is InChI=1S/C19H30N4O.ClH/c1-18(2)5-14-6-19(3,11-18)12-23(14)17(24)16-9-20-8-15(16)13-7-21-22(4)10-13;/h7,10,14-16,20H,5-6,8-9,11-12H2,1-4H3;1H/t14?,15-,16+,19?;/m1./s1. The molecule has 1 aliphatic carbocycles. The Kier molecular flexibility index (Phi) is 4.70. The van der Waals surface area contributed by atoms with Crippen LogP contribution < -0.4 is 5.32 Å². The lowest BCUT2D eigenvalue weighted by atomic mass is 9.65. The van der Waals surface area contributed by atoms with Gasteiger partial charge in [0.25, 0.3) is 0 Å². The predicted molar refractivity (Wildman–Crippen MR) is 101 cm³/mol. The maximum Gasteiger partial charge on any atom is 0.227 e. The molecule has 2 saturated heterocycles. The number of aromatic nitrogens is 2. The summed E-state index contributed by atoms with van der Waals surface area (Å²) in [5.74, 6) is 0.674. The molecule has 3 heterocycles. The number of hydrogen-bond acceptors (Lipinski definition) is 3. The highest BCUT2D eigenvalue weighted by Crippen LogP contribution is 2.53. The average Bonchev–Trinajstić information content (AvgIpc) is 3.14. The molecule has 2 aliphatic heterocycles. The molecule has 0 spiro atoms. The maximum atomic E-state index is 13.4. The van der Waals surface area contributed by atoms with Crippen LogP contribution in [0.25, 0.3) is 0 Å². The molecule has 5 nitrogen and oxygen atoms in total. The second-order valence-electron chi connectivity index (χ2n) is 9.50. The van der Waals surface area contributed by atoms with Gasteiger partial charge in [0.05, 0.1) is 12.1 Å². The minimum atomic E-state index is 0. The number of fused-ring (bicyclic) bond motifs is 2. The van der Waals surface area contributed by atoms with Crippen LogP contribution in [0.3, 0.4) is 0 Å². The molecule has 1 aromatic rings. The maximum absolute atomic E-state index is 13.4. The quantitative estimate of drug-likeness (QED) is 0.875. The molecule has 3 aliphatic rings. The van der Waals surface area contributed by atoms with E-state index in [0.29, 0.717) is 22.8 Å². The molecule has 140 valence electrons. The van der Waals surface area contributed by atoms with Crippen LogP contribution in [-0.4, -0.2) is 46.3 Å². The molecule has 1 saturated carbocycles. The summed E-state index contributed by atoms with van der Waals surface area (Å²) in [4.78, 5) is 15.6. The molecule has 1 aromatic heterocycles. The van der Waals surface area contributed by atoms with Crippen molar-refractivity contribution in [2.24, 2.45) is 23.8 Å². The lowest BCUT2D eigenvalue weighted by Crippen LogP contribution is -2.42. The first kappa shape index (κ1) is 18.7. The van der Waals surface area contributed by atoms with E-state index in [1.165, 1.54) is 18.4 Å². The molecule has 4 rings (SSSR count). The summed E-state index contributed by atoms with van der Waals surface area (Å²) in [5.41, 5.74) is 1.84. The highest BCUT2D eigenvalue weighted by atomic mass is 35.5. The fourth-order valence-electron chi connectivity index (χ4n) is 5.85. The molecule has 0 radical (unpaired) electrons. The van der Waals surface area contributed by atoms with E-state index in [4.69, 9.17) is 0 Å². The number of amides is 1. The summed E-state index contributed by atoms with van der Waals surface area (Å²) in [5, 5.41) is 7.74. The third kappa shape index (κ3) is 3.33. The number of carbonyl (C=O) groups is 1. The second kappa shape index (κ2) is 6.27. The fraction of sp³-hybridized carbons (Fsp3) is 0.789. The Bertz CT molecular complexity index is 658. The number of halogens is 1. The van der Waals surface area contributed by atoms with Gasteiger partial charge in [-0.25, -0.2) is 0 Å². The number of nitrogens with zero attached hydrogens (tertiary/aromatic N) is 3. The minimum Gasteiger partial charge on any atom is -0.339 e. The summed E-state index contributed by atoms with van der Waals surface area (Å²) >= 11 is 0. The summed E-state index contributed by atoms with van der Waals surface area (Å²) in [6.07, 6.45) is 7.54. The SMILES string of the molecule is Cl.Cn1cc([C@H]2CNC[C@@H]2C(=O)N2CC3(C)CC2CC(C)(C)C3)cn1. The van der Waals surface area contributed by atoms with Crippen molar-refractivity contribution < 1.29 is 4.79 Å². The predicted octanol–water partition coefficient (Wildman–Crippen LogP) is 2.57. The van der Waals surface area contributed by atoms with Crippen molar-refractivity contribution in [3.05, 3.63) is 18.0 Å². The number of aryl methyl sites for hydroxylation is 1. The van der Waals surface area contributed by atoms with E-state index in [0.717, 1.165) is 26.1 Å². The Balaban J connectivity index is 0.00000182. The number of likely N-dealkylation sites (tertiary alicyclic amines) is 1. The lowest BCUT2D eigenvalue weighted by molar-refractivity contribution is -0.136. The van der Waals surface area contributed by atoms with Crippen molar-refractivity contribution in [3.63, 3.8) is 0 Å². The summed E-state index contributed by atoms with van der Waals surface area (Å²) < 4.78 is 1.83. The molecule has 25 heavy (non-hydrogen) atoms. The van der Waals surface area contributed by atoms with Gasteiger partial charge >= 0.3 is 0 Å². The highest BCUT2D eigenvalue weighted by molar-refractivity contribution is 5.85. The van der Waals surface area contributed by atoms with E-state index < -0.39 is 0 Å². The molecule has 1 N–H and O–H groups in total. The first-order chi connectivity index (χ1) is 11.3. The molecule has 2 bridgehead atoms. The number of hydrogen-bond donors (Lipinski definition) is 1. The lowest BCUT2D eigenvalue weighted by Gasteiger charge is -2.39. The van der Waals surface area contributed by atoms with E-state index in [9.17, 15) is 4.79 Å². The monoisotopic (exact) mass is 366 g/mol. The summed E-state index contributed by atoms with van der Waals surface area (Å²) in [7, 11) is 1.94. The Morgan fingerprint density at radius 1 is 1.28 bits per heavy atom. The van der Waals surface area contributed by atoms with Crippen molar-refractivity contribution in [2.45, 2.75) is 52.0 Å². The van der Waals surface area contributed by atoms with E-state index in [1.807, 2.05) is 17.9 Å². The third-order valence-electron chi connectivity index (χ3n) is 6.38. The number of nitrogens with one attached hydrogen (secondary N) is 1. The van der Waals surface area contributed by atoms with Gasteiger partial charge in [-0.05, 0) is 35.7 Å². The molecule has 1 amide bonds. The van der Waals surface area contributed by atoms with Crippen LogP contribution in [0.1, 0.15) is 51.5 Å².